The summed E-state index contributed by atoms with van der Waals surface area (Å²) in [5, 5.41) is 5.24. The van der Waals surface area contributed by atoms with E-state index in [0.717, 1.165) is 16.7 Å². The third kappa shape index (κ3) is 6.63. The van der Waals surface area contributed by atoms with Crippen LogP contribution in [0.5, 0.6) is 0 Å². The molecule has 162 valence electrons. The molecule has 0 aliphatic heterocycles. The number of nitrogens with one attached hydrogen (secondary N) is 2. The fraction of sp³-hybridized carbons (Fsp3) is 0.120. The van der Waals surface area contributed by atoms with E-state index in [0.29, 0.717) is 12.0 Å². The highest BCUT2D eigenvalue weighted by atomic mass is 16.5. The molecule has 7 nitrogen and oxygen atoms in total. The number of carbonyl (C=O) groups excluding carboxylic acids is 3. The van der Waals surface area contributed by atoms with Crippen LogP contribution in [0.2, 0.25) is 0 Å². The average Bonchev–Trinajstić information content (AvgIpc) is 2.83. The van der Waals surface area contributed by atoms with Crippen molar-refractivity contribution in [3.8, 4) is 0 Å². The number of methoxy groups -OCH3 is 1. The van der Waals surface area contributed by atoms with Gasteiger partial charge in [0.05, 0.1) is 13.2 Å². The first kappa shape index (κ1) is 22.4. The van der Waals surface area contributed by atoms with Crippen LogP contribution in [-0.2, 0) is 16.0 Å². The minimum atomic E-state index is -0.595. The number of carbonyl (C=O) groups is 3. The SMILES string of the molecule is COC(=O)C=Cc1ccc(C(Cc2cccnc2)NC(=O)NC(=O)c2ccccc2)cc1. The number of imide groups is 1. The van der Waals surface area contributed by atoms with Crippen molar-refractivity contribution in [3.05, 3.63) is 107 Å². The van der Waals surface area contributed by atoms with Crippen molar-refractivity contribution in [2.45, 2.75) is 12.5 Å². The molecule has 1 aromatic heterocycles. The zero-order valence-electron chi connectivity index (χ0n) is 17.5. The van der Waals surface area contributed by atoms with Crippen LogP contribution in [0, 0.1) is 0 Å². The topological polar surface area (TPSA) is 97.4 Å². The van der Waals surface area contributed by atoms with E-state index < -0.39 is 23.9 Å². The van der Waals surface area contributed by atoms with Gasteiger partial charge in [-0.15, -0.1) is 0 Å². The van der Waals surface area contributed by atoms with Gasteiger partial charge in [0.15, 0.2) is 0 Å². The Balaban J connectivity index is 1.74. The molecule has 0 aliphatic rings. The molecular formula is C25H23N3O4. The normalized spacial score (nSPS) is 11.5. The van der Waals surface area contributed by atoms with E-state index in [2.05, 4.69) is 20.4 Å². The summed E-state index contributed by atoms with van der Waals surface area (Å²) in [4.78, 5) is 40.3. The first-order chi connectivity index (χ1) is 15.5. The van der Waals surface area contributed by atoms with Crippen molar-refractivity contribution in [3.63, 3.8) is 0 Å². The van der Waals surface area contributed by atoms with Gasteiger partial charge in [0.25, 0.3) is 5.91 Å². The van der Waals surface area contributed by atoms with Gasteiger partial charge in [0, 0.05) is 24.0 Å². The van der Waals surface area contributed by atoms with E-state index in [1.165, 1.54) is 13.2 Å². The maximum Gasteiger partial charge on any atom is 0.330 e. The first-order valence-electron chi connectivity index (χ1n) is 9.97. The second kappa shape index (κ2) is 11.2. The van der Waals surface area contributed by atoms with Gasteiger partial charge in [0.1, 0.15) is 0 Å². The Hall–Kier alpha value is -4.26. The fourth-order valence-corrected chi connectivity index (χ4v) is 3.04. The summed E-state index contributed by atoms with van der Waals surface area (Å²) in [6, 6.07) is 18.7. The summed E-state index contributed by atoms with van der Waals surface area (Å²) < 4.78 is 4.59. The number of esters is 1. The van der Waals surface area contributed by atoms with Gasteiger partial charge in [-0.05, 0) is 47.4 Å². The lowest BCUT2D eigenvalue weighted by Crippen LogP contribution is -2.41. The van der Waals surface area contributed by atoms with E-state index in [1.54, 1.807) is 48.8 Å². The molecule has 1 unspecified atom stereocenters. The van der Waals surface area contributed by atoms with Crippen molar-refractivity contribution in [2.24, 2.45) is 0 Å². The summed E-state index contributed by atoms with van der Waals surface area (Å²) in [6.07, 6.45) is 6.88. The molecule has 0 radical (unpaired) electrons. The quantitative estimate of drug-likeness (QED) is 0.441. The maximum absolute atomic E-state index is 12.6. The van der Waals surface area contributed by atoms with Gasteiger partial charge in [-0.2, -0.15) is 0 Å². The predicted molar refractivity (Wildman–Crippen MR) is 121 cm³/mol. The Kier molecular flexibility index (Phi) is 7.86. The van der Waals surface area contributed by atoms with E-state index in [-0.39, 0.29) is 0 Å². The molecule has 0 fully saturated rings. The Morgan fingerprint density at radius 3 is 2.41 bits per heavy atom. The molecule has 0 spiro atoms. The van der Waals surface area contributed by atoms with Gasteiger partial charge in [-0.1, -0.05) is 48.5 Å². The molecule has 3 amide bonds. The zero-order valence-corrected chi connectivity index (χ0v) is 17.5. The number of amides is 3. The van der Waals surface area contributed by atoms with E-state index in [9.17, 15) is 14.4 Å². The van der Waals surface area contributed by atoms with Crippen molar-refractivity contribution in [2.75, 3.05) is 7.11 Å². The van der Waals surface area contributed by atoms with Gasteiger partial charge in [0.2, 0.25) is 0 Å². The van der Waals surface area contributed by atoms with Crippen LogP contribution in [0.3, 0.4) is 0 Å². The van der Waals surface area contributed by atoms with E-state index in [4.69, 9.17) is 0 Å². The number of hydrogen-bond donors (Lipinski definition) is 2. The summed E-state index contributed by atoms with van der Waals surface area (Å²) in [5.41, 5.74) is 2.98. The van der Waals surface area contributed by atoms with E-state index >= 15 is 0 Å². The number of benzene rings is 2. The van der Waals surface area contributed by atoms with Gasteiger partial charge in [-0.3, -0.25) is 15.1 Å². The summed E-state index contributed by atoms with van der Waals surface area (Å²) in [7, 11) is 1.32. The Bertz CT molecular complexity index is 1080. The van der Waals surface area contributed by atoms with Crippen LogP contribution in [0.25, 0.3) is 6.08 Å². The Morgan fingerprint density at radius 2 is 1.75 bits per heavy atom. The van der Waals surface area contributed by atoms with Crippen LogP contribution >= 0.6 is 0 Å². The van der Waals surface area contributed by atoms with Crippen LogP contribution in [0.4, 0.5) is 4.79 Å². The predicted octanol–water partition coefficient (Wildman–Crippen LogP) is 3.69. The van der Waals surface area contributed by atoms with Crippen molar-refractivity contribution in [1.29, 1.82) is 0 Å². The van der Waals surface area contributed by atoms with Crippen molar-refractivity contribution in [1.82, 2.24) is 15.6 Å². The number of pyridine rings is 1. The molecule has 1 heterocycles. The lowest BCUT2D eigenvalue weighted by Gasteiger charge is -2.20. The molecule has 0 saturated carbocycles. The van der Waals surface area contributed by atoms with Crippen molar-refractivity contribution < 1.29 is 19.1 Å². The molecule has 0 bridgehead atoms. The highest BCUT2D eigenvalue weighted by Gasteiger charge is 2.18. The van der Waals surface area contributed by atoms with Crippen LogP contribution < -0.4 is 10.6 Å². The smallest absolute Gasteiger partial charge is 0.330 e. The van der Waals surface area contributed by atoms with Gasteiger partial charge in [-0.25, -0.2) is 9.59 Å². The fourth-order valence-electron chi connectivity index (χ4n) is 3.04. The minimum absolute atomic E-state index is 0.396. The summed E-state index contributed by atoms with van der Waals surface area (Å²) in [6.45, 7) is 0. The Morgan fingerprint density at radius 1 is 1.00 bits per heavy atom. The molecule has 3 rings (SSSR count). The summed E-state index contributed by atoms with van der Waals surface area (Å²) in [5.74, 6) is -0.920. The molecular weight excluding hydrogens is 406 g/mol. The van der Waals surface area contributed by atoms with Crippen LogP contribution in [0.15, 0.2) is 85.2 Å². The minimum Gasteiger partial charge on any atom is -0.466 e. The Labute approximate surface area is 186 Å². The third-order valence-electron chi connectivity index (χ3n) is 4.68. The molecule has 7 heteroatoms. The number of rotatable bonds is 7. The van der Waals surface area contributed by atoms with E-state index in [1.807, 2.05) is 36.4 Å². The number of ether oxygens (including phenoxy) is 1. The number of urea groups is 1. The highest BCUT2D eigenvalue weighted by molar-refractivity contribution is 6.04. The molecule has 0 aliphatic carbocycles. The van der Waals surface area contributed by atoms with Crippen LogP contribution in [-0.4, -0.2) is 30.0 Å². The number of hydrogen-bond acceptors (Lipinski definition) is 5. The molecule has 1 atom stereocenters. The third-order valence-corrected chi connectivity index (χ3v) is 4.68. The monoisotopic (exact) mass is 429 g/mol. The molecule has 3 aromatic rings. The highest BCUT2D eigenvalue weighted by Crippen LogP contribution is 2.19. The summed E-state index contributed by atoms with van der Waals surface area (Å²) >= 11 is 0. The zero-order chi connectivity index (χ0) is 22.8. The molecule has 2 N–H and O–H groups in total. The second-order valence-corrected chi connectivity index (χ2v) is 6.93. The van der Waals surface area contributed by atoms with Gasteiger partial charge < -0.3 is 10.1 Å². The molecule has 32 heavy (non-hydrogen) atoms. The molecule has 0 saturated heterocycles. The lowest BCUT2D eigenvalue weighted by atomic mass is 9.98. The van der Waals surface area contributed by atoms with Gasteiger partial charge >= 0.3 is 12.0 Å². The number of nitrogens with zero attached hydrogens (tertiary/aromatic N) is 1. The largest absolute Gasteiger partial charge is 0.466 e. The molecule has 2 aromatic carbocycles. The number of aromatic nitrogens is 1. The van der Waals surface area contributed by atoms with Crippen molar-refractivity contribution >= 4 is 24.0 Å². The average molecular weight is 429 g/mol. The maximum atomic E-state index is 12.6. The lowest BCUT2D eigenvalue weighted by molar-refractivity contribution is -0.134. The first-order valence-corrected chi connectivity index (χ1v) is 9.97. The standard InChI is InChI=1S/C25H23N3O4/c1-32-23(29)14-11-18-9-12-20(13-10-18)22(16-19-6-5-15-26-17-19)27-25(31)28-24(30)21-7-3-2-4-8-21/h2-15,17,22H,16H2,1H3,(H2,27,28,30,31). The van der Waals surface area contributed by atoms with Crippen LogP contribution in [0.1, 0.15) is 33.1 Å². The second-order valence-electron chi connectivity index (χ2n) is 6.93.